The number of carbonyl (C=O) groups excluding carboxylic acids is 2. The van der Waals surface area contributed by atoms with Crippen molar-refractivity contribution < 1.29 is 14.0 Å². The van der Waals surface area contributed by atoms with Crippen molar-refractivity contribution in [3.05, 3.63) is 71.5 Å². The van der Waals surface area contributed by atoms with E-state index in [-0.39, 0.29) is 24.3 Å². The van der Waals surface area contributed by atoms with Crippen LogP contribution in [0.5, 0.6) is 0 Å². The topological polar surface area (TPSA) is 70.2 Å². The number of benzene rings is 2. The molecule has 1 fully saturated rings. The molecule has 0 bridgehead atoms. The zero-order chi connectivity index (χ0) is 16.2. The minimum atomic E-state index is -0.617. The molecule has 2 atom stereocenters. The number of rotatable bonds is 4. The second-order valence-corrected chi connectivity index (χ2v) is 5.31. The summed E-state index contributed by atoms with van der Waals surface area (Å²) in [6.45, 7) is 0.246. The van der Waals surface area contributed by atoms with Gasteiger partial charge in [0.1, 0.15) is 11.9 Å². The van der Waals surface area contributed by atoms with E-state index in [2.05, 4.69) is 16.0 Å². The summed E-state index contributed by atoms with van der Waals surface area (Å²) in [6.07, 6.45) is 0. The zero-order valence-electron chi connectivity index (χ0n) is 12.3. The molecule has 0 aliphatic carbocycles. The van der Waals surface area contributed by atoms with Gasteiger partial charge in [0.15, 0.2) is 0 Å². The Balaban J connectivity index is 1.85. The first-order chi connectivity index (χ1) is 11.1. The van der Waals surface area contributed by atoms with Crippen LogP contribution in [0.25, 0.3) is 0 Å². The molecule has 1 aliphatic heterocycles. The first-order valence-electron chi connectivity index (χ1n) is 7.28. The van der Waals surface area contributed by atoms with Gasteiger partial charge in [-0.3, -0.25) is 4.79 Å². The lowest BCUT2D eigenvalue weighted by molar-refractivity contribution is -0.122. The fourth-order valence-corrected chi connectivity index (χ4v) is 2.52. The van der Waals surface area contributed by atoms with Crippen molar-refractivity contribution in [1.29, 1.82) is 0 Å². The summed E-state index contributed by atoms with van der Waals surface area (Å²) in [6, 6.07) is 14.0. The Kier molecular flexibility index (Phi) is 4.23. The molecule has 0 unspecified atom stereocenters. The molecule has 2 aromatic carbocycles. The van der Waals surface area contributed by atoms with Crippen LogP contribution in [0.3, 0.4) is 0 Å². The molecule has 2 aromatic rings. The summed E-state index contributed by atoms with van der Waals surface area (Å²) in [5.41, 5.74) is 1.65. The minimum absolute atomic E-state index is 0.246. The number of carbonyl (C=O) groups is 2. The Bertz CT molecular complexity index is 704. The first kappa shape index (κ1) is 15.0. The van der Waals surface area contributed by atoms with Crippen molar-refractivity contribution in [3.63, 3.8) is 0 Å². The molecule has 1 aliphatic rings. The van der Waals surface area contributed by atoms with Crippen molar-refractivity contribution >= 4 is 11.9 Å². The maximum Gasteiger partial charge on any atom is 0.315 e. The van der Waals surface area contributed by atoms with Gasteiger partial charge in [-0.15, -0.1) is 0 Å². The minimum Gasteiger partial charge on any atom is -0.343 e. The second-order valence-electron chi connectivity index (χ2n) is 5.31. The van der Waals surface area contributed by atoms with Gasteiger partial charge >= 0.3 is 6.03 Å². The highest BCUT2D eigenvalue weighted by atomic mass is 19.1. The second kappa shape index (κ2) is 6.48. The molecule has 0 saturated carbocycles. The van der Waals surface area contributed by atoms with E-state index in [4.69, 9.17) is 0 Å². The van der Waals surface area contributed by atoms with Gasteiger partial charge in [-0.2, -0.15) is 0 Å². The summed E-state index contributed by atoms with van der Waals surface area (Å²) in [5.74, 6) is -0.624. The van der Waals surface area contributed by atoms with E-state index in [1.165, 1.54) is 12.1 Å². The van der Waals surface area contributed by atoms with E-state index in [1.807, 2.05) is 30.3 Å². The van der Waals surface area contributed by atoms with E-state index < -0.39 is 12.1 Å². The number of hydrogen-bond acceptors (Lipinski definition) is 2. The number of amides is 3. The van der Waals surface area contributed by atoms with Crippen LogP contribution in [0.2, 0.25) is 0 Å². The smallest absolute Gasteiger partial charge is 0.315 e. The molecular formula is C17H16FN3O2. The van der Waals surface area contributed by atoms with Crippen LogP contribution in [-0.4, -0.2) is 24.5 Å². The molecule has 5 nitrogen and oxygen atoms in total. The molecule has 3 rings (SSSR count). The summed E-state index contributed by atoms with van der Waals surface area (Å²) in [5, 5.41) is 8.01. The van der Waals surface area contributed by atoms with E-state index in [0.29, 0.717) is 0 Å². The van der Waals surface area contributed by atoms with Gasteiger partial charge in [-0.05, 0) is 23.3 Å². The highest BCUT2D eigenvalue weighted by molar-refractivity contribution is 5.90. The predicted octanol–water partition coefficient (Wildman–Crippen LogP) is 1.71. The molecule has 3 amide bonds. The highest BCUT2D eigenvalue weighted by Crippen LogP contribution is 2.22. The van der Waals surface area contributed by atoms with Gasteiger partial charge in [0.05, 0.1) is 6.04 Å². The molecule has 1 heterocycles. The van der Waals surface area contributed by atoms with Crippen LogP contribution in [0.4, 0.5) is 9.18 Å². The third-order valence-corrected chi connectivity index (χ3v) is 3.71. The molecule has 118 valence electrons. The number of halogens is 1. The Labute approximate surface area is 132 Å². The van der Waals surface area contributed by atoms with Crippen LogP contribution >= 0.6 is 0 Å². The van der Waals surface area contributed by atoms with E-state index >= 15 is 0 Å². The van der Waals surface area contributed by atoms with Gasteiger partial charge in [0, 0.05) is 6.54 Å². The predicted molar refractivity (Wildman–Crippen MR) is 83.2 cm³/mol. The van der Waals surface area contributed by atoms with E-state index in [1.54, 1.807) is 12.1 Å². The van der Waals surface area contributed by atoms with Crippen molar-refractivity contribution in [2.45, 2.75) is 12.1 Å². The standard InChI is InChI=1S/C17H16FN3O2/c18-13-8-6-12(7-9-13)15(11-4-2-1-3-5-11)21-16(22)14-10-19-17(23)20-14/h1-9,14-15H,10H2,(H,21,22)(H2,19,20,23)/t14-,15+/m0/s1. The lowest BCUT2D eigenvalue weighted by Gasteiger charge is -2.21. The summed E-state index contributed by atoms with van der Waals surface area (Å²) in [7, 11) is 0. The molecular weight excluding hydrogens is 297 g/mol. The quantitative estimate of drug-likeness (QED) is 0.804. The zero-order valence-corrected chi connectivity index (χ0v) is 12.3. The van der Waals surface area contributed by atoms with Crippen LogP contribution in [-0.2, 0) is 4.79 Å². The van der Waals surface area contributed by atoms with Crippen molar-refractivity contribution in [2.24, 2.45) is 0 Å². The van der Waals surface area contributed by atoms with Crippen LogP contribution < -0.4 is 16.0 Å². The summed E-state index contributed by atoms with van der Waals surface area (Å²) >= 11 is 0. The van der Waals surface area contributed by atoms with Crippen LogP contribution in [0.1, 0.15) is 17.2 Å². The van der Waals surface area contributed by atoms with E-state index in [0.717, 1.165) is 11.1 Å². The van der Waals surface area contributed by atoms with Crippen molar-refractivity contribution in [1.82, 2.24) is 16.0 Å². The first-order valence-corrected chi connectivity index (χ1v) is 7.28. The Morgan fingerprint density at radius 1 is 1.09 bits per heavy atom. The van der Waals surface area contributed by atoms with Crippen LogP contribution in [0.15, 0.2) is 54.6 Å². The van der Waals surface area contributed by atoms with Gasteiger partial charge in [-0.1, -0.05) is 42.5 Å². The molecule has 23 heavy (non-hydrogen) atoms. The SMILES string of the molecule is O=C1NC[C@@H](C(=O)N[C@H](c2ccccc2)c2ccc(F)cc2)N1. The number of urea groups is 1. The Morgan fingerprint density at radius 3 is 2.35 bits per heavy atom. The average Bonchev–Trinajstić information content (AvgIpc) is 3.01. The van der Waals surface area contributed by atoms with E-state index in [9.17, 15) is 14.0 Å². The fraction of sp³-hybridized carbons (Fsp3) is 0.176. The lowest BCUT2D eigenvalue weighted by atomic mass is 9.98. The Morgan fingerprint density at radius 2 is 1.74 bits per heavy atom. The van der Waals surface area contributed by atoms with Gasteiger partial charge in [0.25, 0.3) is 0 Å². The third kappa shape index (κ3) is 3.48. The monoisotopic (exact) mass is 313 g/mol. The van der Waals surface area contributed by atoms with Crippen molar-refractivity contribution in [3.8, 4) is 0 Å². The molecule has 1 saturated heterocycles. The lowest BCUT2D eigenvalue weighted by Crippen LogP contribution is -2.44. The average molecular weight is 313 g/mol. The van der Waals surface area contributed by atoms with Gasteiger partial charge < -0.3 is 16.0 Å². The third-order valence-electron chi connectivity index (χ3n) is 3.71. The van der Waals surface area contributed by atoms with Gasteiger partial charge in [-0.25, -0.2) is 9.18 Å². The molecule has 0 radical (unpaired) electrons. The number of nitrogens with one attached hydrogen (secondary N) is 3. The number of hydrogen-bond donors (Lipinski definition) is 3. The molecule has 3 N–H and O–H groups in total. The largest absolute Gasteiger partial charge is 0.343 e. The van der Waals surface area contributed by atoms with Crippen LogP contribution in [0, 0.1) is 5.82 Å². The normalized spacial score (nSPS) is 18.0. The summed E-state index contributed by atoms with van der Waals surface area (Å²) in [4.78, 5) is 23.6. The molecule has 0 spiro atoms. The summed E-state index contributed by atoms with van der Waals surface area (Å²) < 4.78 is 13.2. The Hall–Kier alpha value is -2.89. The van der Waals surface area contributed by atoms with Crippen molar-refractivity contribution in [2.75, 3.05) is 6.54 Å². The highest BCUT2D eigenvalue weighted by Gasteiger charge is 2.29. The maximum atomic E-state index is 13.2. The van der Waals surface area contributed by atoms with Gasteiger partial charge in [0.2, 0.25) is 5.91 Å². The molecule has 6 heteroatoms. The maximum absolute atomic E-state index is 13.2. The fourth-order valence-electron chi connectivity index (χ4n) is 2.52. The molecule has 0 aromatic heterocycles.